The quantitative estimate of drug-likeness (QED) is 0.756. The van der Waals surface area contributed by atoms with E-state index in [0.29, 0.717) is 16.9 Å². The normalized spacial score (nSPS) is 18.4. The van der Waals surface area contributed by atoms with Crippen molar-refractivity contribution in [1.82, 2.24) is 5.06 Å². The van der Waals surface area contributed by atoms with Gasteiger partial charge in [0.15, 0.2) is 5.66 Å². The fraction of sp³-hybridized carbons (Fsp3) is 0.136. The van der Waals surface area contributed by atoms with Gasteiger partial charge >= 0.3 is 0 Å². The van der Waals surface area contributed by atoms with Gasteiger partial charge in [0.1, 0.15) is 12.4 Å². The smallest absolute Gasteiger partial charge is 0.280 e. The molecular weight excluding hydrogens is 340 g/mol. The largest absolute Gasteiger partial charge is 0.489 e. The minimum atomic E-state index is -1.18. The molecule has 1 aliphatic rings. The molecule has 27 heavy (non-hydrogen) atoms. The van der Waals surface area contributed by atoms with Crippen LogP contribution in [0.2, 0.25) is 0 Å². The molecule has 1 heterocycles. The van der Waals surface area contributed by atoms with Crippen LogP contribution in [0.4, 0.5) is 0 Å². The number of fused-ring (bicyclic) bond motifs is 1. The summed E-state index contributed by atoms with van der Waals surface area (Å²) < 4.78 is 5.92. The van der Waals surface area contributed by atoms with Crippen LogP contribution in [0.3, 0.4) is 0 Å². The Morgan fingerprint density at radius 3 is 2.22 bits per heavy atom. The van der Waals surface area contributed by atoms with Crippen molar-refractivity contribution in [3.63, 3.8) is 0 Å². The lowest BCUT2D eigenvalue weighted by molar-refractivity contribution is -0.167. The van der Waals surface area contributed by atoms with Crippen molar-refractivity contribution >= 4 is 5.91 Å². The van der Waals surface area contributed by atoms with Crippen LogP contribution in [0.1, 0.15) is 15.9 Å². The molecule has 3 aromatic rings. The van der Waals surface area contributed by atoms with Crippen LogP contribution < -0.4 is 10.5 Å². The molecule has 0 spiro atoms. The van der Waals surface area contributed by atoms with Gasteiger partial charge in [0.25, 0.3) is 5.91 Å². The molecule has 5 heteroatoms. The molecular formula is C22H20N2O3. The highest BCUT2D eigenvalue weighted by molar-refractivity contribution is 5.99. The standard InChI is InChI=1S/C22H20N2O3/c1-26-24-21(25)19-9-5-6-10-20(19)22(24,23)15-27-18-13-11-17(12-14-18)16-7-3-2-4-8-16/h2-14H,15,23H2,1H3. The molecule has 0 fully saturated rings. The minimum Gasteiger partial charge on any atom is -0.489 e. The van der Waals surface area contributed by atoms with Gasteiger partial charge in [-0.25, -0.2) is 0 Å². The molecule has 1 aliphatic heterocycles. The number of hydroxylamine groups is 2. The topological polar surface area (TPSA) is 64.8 Å². The zero-order chi connectivity index (χ0) is 18.9. The lowest BCUT2D eigenvalue weighted by Crippen LogP contribution is -2.54. The molecule has 5 nitrogen and oxygen atoms in total. The second kappa shape index (κ2) is 6.87. The van der Waals surface area contributed by atoms with Crippen LogP contribution >= 0.6 is 0 Å². The SMILES string of the molecule is CON1C(=O)c2ccccc2C1(N)COc1ccc(-c2ccccc2)cc1. The van der Waals surface area contributed by atoms with Crippen LogP contribution in [0.5, 0.6) is 5.75 Å². The molecule has 1 atom stereocenters. The van der Waals surface area contributed by atoms with E-state index in [2.05, 4.69) is 12.1 Å². The average Bonchev–Trinajstić information content (AvgIpc) is 2.95. The second-order valence-electron chi connectivity index (χ2n) is 6.43. The third-order valence-electron chi connectivity index (χ3n) is 4.77. The fourth-order valence-electron chi connectivity index (χ4n) is 3.40. The van der Waals surface area contributed by atoms with Crippen LogP contribution in [0.15, 0.2) is 78.9 Å². The number of hydrogen-bond donors (Lipinski definition) is 1. The lowest BCUT2D eigenvalue weighted by atomic mass is 10.0. The summed E-state index contributed by atoms with van der Waals surface area (Å²) in [6.07, 6.45) is 0. The minimum absolute atomic E-state index is 0.0777. The third-order valence-corrected chi connectivity index (χ3v) is 4.77. The summed E-state index contributed by atoms with van der Waals surface area (Å²) in [5.41, 5.74) is 8.83. The number of benzene rings is 3. The second-order valence-corrected chi connectivity index (χ2v) is 6.43. The van der Waals surface area contributed by atoms with Crippen molar-refractivity contribution in [2.45, 2.75) is 5.66 Å². The first-order valence-electron chi connectivity index (χ1n) is 8.69. The Kier molecular flexibility index (Phi) is 4.39. The Balaban J connectivity index is 1.55. The maximum Gasteiger partial charge on any atom is 0.280 e. The number of ether oxygens (including phenoxy) is 1. The average molecular weight is 360 g/mol. The Labute approximate surface area is 157 Å². The van der Waals surface area contributed by atoms with Crippen molar-refractivity contribution in [3.8, 4) is 16.9 Å². The first-order valence-corrected chi connectivity index (χ1v) is 8.69. The number of nitrogens with two attached hydrogens (primary N) is 1. The summed E-state index contributed by atoms with van der Waals surface area (Å²) in [6, 6.07) is 25.1. The third kappa shape index (κ3) is 2.97. The molecule has 3 aromatic carbocycles. The first-order chi connectivity index (χ1) is 13.1. The fourth-order valence-corrected chi connectivity index (χ4v) is 3.40. The van der Waals surface area contributed by atoms with Gasteiger partial charge in [0, 0.05) is 11.1 Å². The summed E-state index contributed by atoms with van der Waals surface area (Å²) in [7, 11) is 1.43. The number of rotatable bonds is 5. The summed E-state index contributed by atoms with van der Waals surface area (Å²) in [5.74, 6) is 0.408. The summed E-state index contributed by atoms with van der Waals surface area (Å²) in [6.45, 7) is 0.0777. The van der Waals surface area contributed by atoms with E-state index in [1.165, 1.54) is 12.2 Å². The number of carbonyl (C=O) groups excluding carboxylic acids is 1. The highest BCUT2D eigenvalue weighted by atomic mass is 16.7. The van der Waals surface area contributed by atoms with Gasteiger partial charge in [-0.1, -0.05) is 60.7 Å². The van der Waals surface area contributed by atoms with Gasteiger partial charge in [-0.15, -0.1) is 0 Å². The van der Waals surface area contributed by atoms with Crippen molar-refractivity contribution in [2.24, 2.45) is 5.73 Å². The molecule has 4 rings (SSSR count). The molecule has 0 radical (unpaired) electrons. The van der Waals surface area contributed by atoms with Gasteiger partial charge in [-0.3, -0.25) is 15.4 Å². The lowest BCUT2D eigenvalue weighted by Gasteiger charge is -2.33. The number of hydrogen-bond acceptors (Lipinski definition) is 4. The predicted octanol–water partition coefficient (Wildman–Crippen LogP) is 3.56. The Bertz CT molecular complexity index is 957. The monoisotopic (exact) mass is 360 g/mol. The van der Waals surface area contributed by atoms with E-state index in [-0.39, 0.29) is 12.5 Å². The van der Waals surface area contributed by atoms with Gasteiger partial charge < -0.3 is 4.74 Å². The zero-order valence-electron chi connectivity index (χ0n) is 15.0. The number of carbonyl (C=O) groups is 1. The summed E-state index contributed by atoms with van der Waals surface area (Å²) in [4.78, 5) is 17.8. The van der Waals surface area contributed by atoms with Crippen LogP contribution in [-0.4, -0.2) is 24.7 Å². The molecule has 0 saturated carbocycles. The first kappa shape index (κ1) is 17.3. The molecule has 0 aromatic heterocycles. The highest BCUT2D eigenvalue weighted by Gasteiger charge is 2.48. The Hall–Kier alpha value is -3.15. The van der Waals surface area contributed by atoms with Gasteiger partial charge in [0.05, 0.1) is 7.11 Å². The molecule has 0 aliphatic carbocycles. The van der Waals surface area contributed by atoms with E-state index in [0.717, 1.165) is 11.1 Å². The van der Waals surface area contributed by atoms with E-state index in [1.807, 2.05) is 54.6 Å². The molecule has 1 amide bonds. The molecule has 1 unspecified atom stereocenters. The maximum absolute atomic E-state index is 12.5. The summed E-state index contributed by atoms with van der Waals surface area (Å²) >= 11 is 0. The van der Waals surface area contributed by atoms with Gasteiger partial charge in [-0.2, -0.15) is 5.06 Å². The number of nitrogens with zero attached hydrogens (tertiary/aromatic N) is 1. The maximum atomic E-state index is 12.5. The van der Waals surface area contributed by atoms with Crippen molar-refractivity contribution < 1.29 is 14.4 Å². The van der Waals surface area contributed by atoms with E-state index in [4.69, 9.17) is 15.3 Å². The molecule has 2 N–H and O–H groups in total. The van der Waals surface area contributed by atoms with E-state index >= 15 is 0 Å². The van der Waals surface area contributed by atoms with Crippen molar-refractivity contribution in [3.05, 3.63) is 90.0 Å². The van der Waals surface area contributed by atoms with Gasteiger partial charge in [-0.05, 0) is 29.3 Å². The number of amides is 1. The molecule has 0 saturated heterocycles. The zero-order valence-corrected chi connectivity index (χ0v) is 15.0. The van der Waals surface area contributed by atoms with Crippen LogP contribution in [-0.2, 0) is 10.5 Å². The molecule has 0 bridgehead atoms. The van der Waals surface area contributed by atoms with Crippen molar-refractivity contribution in [2.75, 3.05) is 13.7 Å². The van der Waals surface area contributed by atoms with Crippen molar-refractivity contribution in [1.29, 1.82) is 0 Å². The van der Waals surface area contributed by atoms with Crippen LogP contribution in [0.25, 0.3) is 11.1 Å². The van der Waals surface area contributed by atoms with E-state index < -0.39 is 5.66 Å². The highest BCUT2D eigenvalue weighted by Crippen LogP contribution is 2.35. The molecule has 136 valence electrons. The van der Waals surface area contributed by atoms with Crippen LogP contribution in [0, 0.1) is 0 Å². The summed E-state index contributed by atoms with van der Waals surface area (Å²) in [5, 5.41) is 1.18. The Morgan fingerprint density at radius 1 is 0.889 bits per heavy atom. The van der Waals surface area contributed by atoms with E-state index in [9.17, 15) is 4.79 Å². The predicted molar refractivity (Wildman–Crippen MR) is 103 cm³/mol. The Morgan fingerprint density at radius 2 is 1.52 bits per heavy atom. The van der Waals surface area contributed by atoms with E-state index in [1.54, 1.807) is 12.1 Å². The van der Waals surface area contributed by atoms with Gasteiger partial charge in [0.2, 0.25) is 0 Å².